The minimum absolute atomic E-state index is 0.173. The third-order valence-corrected chi connectivity index (χ3v) is 4.51. The molecule has 1 amide bonds. The quantitative estimate of drug-likeness (QED) is 0.869. The van der Waals surface area contributed by atoms with E-state index in [2.05, 4.69) is 23.6 Å². The van der Waals surface area contributed by atoms with E-state index in [4.69, 9.17) is 4.74 Å². The fraction of sp³-hybridized carbons (Fsp3) is 0.500. The second-order valence-electron chi connectivity index (χ2n) is 6.05. The molecule has 1 aromatic carbocycles. The molecule has 0 aliphatic carbocycles. The number of aromatic nitrogens is 1. The van der Waals surface area contributed by atoms with E-state index in [1.165, 1.54) is 12.0 Å². The molecule has 2 heterocycles. The molecule has 22 heavy (non-hydrogen) atoms. The lowest BCUT2D eigenvalue weighted by Crippen LogP contribution is -2.35. The van der Waals surface area contributed by atoms with Gasteiger partial charge in [-0.1, -0.05) is 18.2 Å². The van der Waals surface area contributed by atoms with Crippen LogP contribution in [-0.4, -0.2) is 42.2 Å². The van der Waals surface area contributed by atoms with Crippen LogP contribution in [0.1, 0.15) is 35.2 Å². The van der Waals surface area contributed by atoms with Crippen molar-refractivity contribution in [1.29, 1.82) is 0 Å². The van der Waals surface area contributed by atoms with Gasteiger partial charge in [0.15, 0.2) is 0 Å². The maximum atomic E-state index is 12.9. The molecule has 1 aliphatic rings. The molecule has 0 N–H and O–H groups in total. The minimum atomic E-state index is 0.173. The number of carbonyl (C=O) groups is 1. The highest BCUT2D eigenvalue weighted by atomic mass is 16.5. The van der Waals surface area contributed by atoms with Crippen molar-refractivity contribution in [2.24, 2.45) is 0 Å². The highest BCUT2D eigenvalue weighted by molar-refractivity contribution is 6.07. The highest BCUT2D eigenvalue weighted by Crippen LogP contribution is 2.26. The predicted octanol–water partition coefficient (Wildman–Crippen LogP) is 3.22. The van der Waals surface area contributed by atoms with E-state index >= 15 is 0 Å². The van der Waals surface area contributed by atoms with Crippen LogP contribution in [0.3, 0.4) is 0 Å². The Morgan fingerprint density at radius 1 is 1.23 bits per heavy atom. The van der Waals surface area contributed by atoms with Crippen molar-refractivity contribution in [3.05, 3.63) is 35.5 Å². The van der Waals surface area contributed by atoms with E-state index in [9.17, 15) is 4.79 Å². The van der Waals surface area contributed by atoms with Crippen LogP contribution in [0, 0.1) is 6.92 Å². The highest BCUT2D eigenvalue weighted by Gasteiger charge is 2.22. The Morgan fingerprint density at radius 2 is 2.00 bits per heavy atom. The normalized spacial score (nSPS) is 15.5. The zero-order chi connectivity index (χ0) is 15.5. The average molecular weight is 300 g/mol. The van der Waals surface area contributed by atoms with Gasteiger partial charge in [0.05, 0.1) is 17.7 Å². The van der Waals surface area contributed by atoms with Gasteiger partial charge in [-0.2, -0.15) is 0 Å². The monoisotopic (exact) mass is 300 g/mol. The maximum Gasteiger partial charge on any atom is 0.256 e. The van der Waals surface area contributed by atoms with E-state index < -0.39 is 0 Å². The molecule has 0 spiro atoms. The van der Waals surface area contributed by atoms with E-state index in [0.717, 1.165) is 48.9 Å². The number of hydrogen-bond acceptors (Lipinski definition) is 2. The molecule has 0 atom stereocenters. The van der Waals surface area contributed by atoms with Gasteiger partial charge in [0, 0.05) is 38.3 Å². The molecular formula is C18H24N2O2. The maximum absolute atomic E-state index is 12.9. The van der Waals surface area contributed by atoms with E-state index in [1.54, 1.807) is 7.11 Å². The number of fused-ring (bicyclic) bond motifs is 1. The molecular weight excluding hydrogens is 276 g/mol. The summed E-state index contributed by atoms with van der Waals surface area (Å²) in [6.45, 7) is 5.28. The largest absolute Gasteiger partial charge is 0.383 e. The SMILES string of the molecule is COCCn1cc(C(=O)N2CCCCC2)c2cccc(C)c21. The number of ether oxygens (including phenoxy) is 1. The van der Waals surface area contributed by atoms with Gasteiger partial charge in [0.2, 0.25) is 0 Å². The molecule has 0 bridgehead atoms. The Morgan fingerprint density at radius 3 is 2.73 bits per heavy atom. The molecule has 1 aromatic heterocycles. The van der Waals surface area contributed by atoms with Crippen molar-refractivity contribution in [3.63, 3.8) is 0 Å². The Kier molecular flexibility index (Phi) is 4.48. The number of piperidine rings is 1. The van der Waals surface area contributed by atoms with Gasteiger partial charge >= 0.3 is 0 Å². The van der Waals surface area contributed by atoms with Crippen LogP contribution < -0.4 is 0 Å². The van der Waals surface area contributed by atoms with Crippen molar-refractivity contribution in [2.75, 3.05) is 26.8 Å². The molecule has 0 unspecified atom stereocenters. The third kappa shape index (κ3) is 2.75. The lowest BCUT2D eigenvalue weighted by Gasteiger charge is -2.26. The van der Waals surface area contributed by atoms with Crippen LogP contribution in [0.25, 0.3) is 10.9 Å². The summed E-state index contributed by atoms with van der Waals surface area (Å²) < 4.78 is 7.36. The molecule has 1 saturated heterocycles. The Balaban J connectivity index is 2.01. The molecule has 4 nitrogen and oxygen atoms in total. The summed E-state index contributed by atoms with van der Waals surface area (Å²) >= 11 is 0. The lowest BCUT2D eigenvalue weighted by atomic mass is 10.1. The number of likely N-dealkylation sites (tertiary alicyclic amines) is 1. The van der Waals surface area contributed by atoms with Gasteiger partial charge in [-0.15, -0.1) is 0 Å². The van der Waals surface area contributed by atoms with Crippen molar-refractivity contribution in [1.82, 2.24) is 9.47 Å². The summed E-state index contributed by atoms with van der Waals surface area (Å²) in [6.07, 6.45) is 5.48. The van der Waals surface area contributed by atoms with Gasteiger partial charge in [-0.05, 0) is 31.7 Å². The molecule has 1 fully saturated rings. The number of amides is 1. The van der Waals surface area contributed by atoms with Crippen molar-refractivity contribution in [2.45, 2.75) is 32.7 Å². The summed E-state index contributed by atoms with van der Waals surface area (Å²) in [6, 6.07) is 6.19. The van der Waals surface area contributed by atoms with E-state index in [-0.39, 0.29) is 5.91 Å². The Labute approximate surface area is 131 Å². The standard InChI is InChI=1S/C18H24N2O2/c1-14-7-6-8-15-16(13-20(17(14)15)11-12-22-2)18(21)19-9-4-3-5-10-19/h6-8,13H,3-5,9-12H2,1-2H3. The Bertz CT molecular complexity index is 669. The van der Waals surface area contributed by atoms with Crippen LogP contribution in [0.15, 0.2) is 24.4 Å². The average Bonchev–Trinajstić information content (AvgIpc) is 2.93. The van der Waals surface area contributed by atoms with Gasteiger partial charge < -0.3 is 14.2 Å². The first-order chi connectivity index (χ1) is 10.7. The molecule has 118 valence electrons. The lowest BCUT2D eigenvalue weighted by molar-refractivity contribution is 0.0726. The smallest absolute Gasteiger partial charge is 0.256 e. The number of benzene rings is 1. The van der Waals surface area contributed by atoms with Crippen LogP contribution >= 0.6 is 0 Å². The molecule has 1 aliphatic heterocycles. The summed E-state index contributed by atoms with van der Waals surface area (Å²) in [4.78, 5) is 14.9. The first-order valence-corrected chi connectivity index (χ1v) is 8.09. The fourth-order valence-electron chi connectivity index (χ4n) is 3.35. The predicted molar refractivity (Wildman–Crippen MR) is 88.3 cm³/mol. The van der Waals surface area contributed by atoms with Crippen LogP contribution in [-0.2, 0) is 11.3 Å². The second-order valence-corrected chi connectivity index (χ2v) is 6.05. The number of aryl methyl sites for hydroxylation is 1. The number of para-hydroxylation sites is 1. The summed E-state index contributed by atoms with van der Waals surface area (Å²) in [5.41, 5.74) is 3.18. The summed E-state index contributed by atoms with van der Waals surface area (Å²) in [5.74, 6) is 0.173. The van der Waals surface area contributed by atoms with Crippen molar-refractivity contribution < 1.29 is 9.53 Å². The van der Waals surface area contributed by atoms with Crippen molar-refractivity contribution >= 4 is 16.8 Å². The number of hydrogen-bond donors (Lipinski definition) is 0. The van der Waals surface area contributed by atoms with E-state index in [1.807, 2.05) is 17.2 Å². The van der Waals surface area contributed by atoms with Crippen molar-refractivity contribution in [3.8, 4) is 0 Å². The van der Waals surface area contributed by atoms with Crippen LogP contribution in [0.4, 0.5) is 0 Å². The molecule has 2 aromatic rings. The van der Waals surface area contributed by atoms with Gasteiger partial charge in [-0.25, -0.2) is 0 Å². The number of rotatable bonds is 4. The molecule has 3 rings (SSSR count). The second kappa shape index (κ2) is 6.53. The first-order valence-electron chi connectivity index (χ1n) is 8.09. The minimum Gasteiger partial charge on any atom is -0.383 e. The fourth-order valence-corrected chi connectivity index (χ4v) is 3.35. The van der Waals surface area contributed by atoms with Gasteiger partial charge in [0.25, 0.3) is 5.91 Å². The van der Waals surface area contributed by atoms with Crippen LogP contribution in [0.5, 0.6) is 0 Å². The molecule has 4 heteroatoms. The number of nitrogens with zero attached hydrogens (tertiary/aromatic N) is 2. The zero-order valence-electron chi connectivity index (χ0n) is 13.5. The zero-order valence-corrected chi connectivity index (χ0v) is 13.5. The Hall–Kier alpha value is -1.81. The summed E-state index contributed by atoms with van der Waals surface area (Å²) in [5, 5.41) is 1.06. The topological polar surface area (TPSA) is 34.5 Å². The van der Waals surface area contributed by atoms with E-state index in [0.29, 0.717) is 6.61 Å². The number of methoxy groups -OCH3 is 1. The van der Waals surface area contributed by atoms with Gasteiger partial charge in [0.1, 0.15) is 0 Å². The molecule has 0 radical (unpaired) electrons. The summed E-state index contributed by atoms with van der Waals surface area (Å²) in [7, 11) is 1.71. The molecule has 0 saturated carbocycles. The number of carbonyl (C=O) groups excluding carboxylic acids is 1. The van der Waals surface area contributed by atoms with Gasteiger partial charge in [-0.3, -0.25) is 4.79 Å². The first kappa shape index (κ1) is 15.1. The van der Waals surface area contributed by atoms with Crippen LogP contribution in [0.2, 0.25) is 0 Å². The third-order valence-electron chi connectivity index (χ3n) is 4.51.